The Hall–Kier alpha value is -1.82. The summed E-state index contributed by atoms with van der Waals surface area (Å²) in [5, 5.41) is 12.3. The smallest absolute Gasteiger partial charge is 0.276 e. The number of amides is 1. The van der Waals surface area contributed by atoms with Crippen molar-refractivity contribution in [3.63, 3.8) is 0 Å². The molecule has 3 aliphatic rings. The molecule has 1 aliphatic carbocycles. The second-order valence-electron chi connectivity index (χ2n) is 6.89. The Morgan fingerprint density at radius 3 is 2.84 bits per heavy atom. The van der Waals surface area contributed by atoms with E-state index in [1.165, 1.54) is 6.42 Å². The summed E-state index contributed by atoms with van der Waals surface area (Å²) in [7, 11) is 0. The lowest BCUT2D eigenvalue weighted by Crippen LogP contribution is -2.59. The summed E-state index contributed by atoms with van der Waals surface area (Å²) in [5.41, 5.74) is 0.267. The molecule has 0 bridgehead atoms. The van der Waals surface area contributed by atoms with Gasteiger partial charge in [0.15, 0.2) is 10.8 Å². The summed E-state index contributed by atoms with van der Waals surface area (Å²) >= 11 is 1.63. The molecule has 5 nitrogen and oxygen atoms in total. The second-order valence-corrected chi connectivity index (χ2v) is 7.98. The van der Waals surface area contributed by atoms with Crippen molar-refractivity contribution in [3.8, 4) is 0 Å². The van der Waals surface area contributed by atoms with Crippen LogP contribution in [0.5, 0.6) is 0 Å². The number of benzene rings is 1. The normalized spacial score (nSPS) is 21.2. The molecule has 2 aliphatic heterocycles. The van der Waals surface area contributed by atoms with Gasteiger partial charge in [0.2, 0.25) is 0 Å². The highest BCUT2D eigenvalue weighted by Crippen LogP contribution is 2.39. The van der Waals surface area contributed by atoms with E-state index in [9.17, 15) is 4.79 Å². The quantitative estimate of drug-likeness (QED) is 0.846. The number of thioether (sulfide) groups is 1. The largest absolute Gasteiger partial charge is 0.298 e. The van der Waals surface area contributed by atoms with Gasteiger partial charge in [-0.05, 0) is 38.2 Å². The number of hydrogen-bond acceptors (Lipinski definition) is 5. The summed E-state index contributed by atoms with van der Waals surface area (Å²) in [6.07, 6.45) is 7.66. The molecular weight excluding hydrogens is 332 g/mol. The zero-order valence-corrected chi connectivity index (χ0v) is 15.4. The molecule has 4 rings (SSSR count). The van der Waals surface area contributed by atoms with Crippen molar-refractivity contribution in [2.45, 2.75) is 57.5 Å². The van der Waals surface area contributed by atoms with Crippen LogP contribution in [-0.2, 0) is 4.79 Å². The molecule has 0 aromatic heterocycles. The van der Waals surface area contributed by atoms with Gasteiger partial charge >= 0.3 is 0 Å². The fraction of sp³-hybridized carbons (Fsp3) is 0.526. The number of carbonyl (C=O) groups is 1. The van der Waals surface area contributed by atoms with E-state index in [-0.39, 0.29) is 5.91 Å². The fourth-order valence-electron chi connectivity index (χ4n) is 3.82. The van der Waals surface area contributed by atoms with Crippen molar-refractivity contribution in [1.29, 1.82) is 0 Å². The van der Waals surface area contributed by atoms with E-state index in [2.05, 4.69) is 12.2 Å². The van der Waals surface area contributed by atoms with Gasteiger partial charge in [-0.3, -0.25) is 15.1 Å². The molecule has 6 heteroatoms. The number of hydrogen-bond donors (Lipinski definition) is 1. The summed E-state index contributed by atoms with van der Waals surface area (Å²) in [6, 6.07) is 7.94. The minimum atomic E-state index is -0.393. The molecule has 1 aromatic rings. The van der Waals surface area contributed by atoms with Crippen LogP contribution in [-0.4, -0.2) is 27.5 Å². The maximum absolute atomic E-state index is 12.9. The van der Waals surface area contributed by atoms with Gasteiger partial charge in [-0.25, -0.2) is 5.01 Å². The molecule has 1 saturated carbocycles. The molecule has 1 N–H and O–H groups in total. The van der Waals surface area contributed by atoms with E-state index in [1.807, 2.05) is 29.3 Å². The van der Waals surface area contributed by atoms with Crippen molar-refractivity contribution < 1.29 is 4.79 Å². The molecule has 132 valence electrons. The molecule has 0 unspecified atom stereocenters. The number of rotatable bonds is 3. The second kappa shape index (κ2) is 6.83. The van der Waals surface area contributed by atoms with Gasteiger partial charge in [0.25, 0.3) is 5.91 Å². The average molecular weight is 356 g/mol. The Balaban J connectivity index is 1.82. The van der Waals surface area contributed by atoms with Crippen LogP contribution >= 0.6 is 11.8 Å². The molecule has 0 saturated heterocycles. The average Bonchev–Trinajstić information content (AvgIpc) is 2.63. The number of unbranched alkanes of at least 4 members (excludes halogenated alkanes) is 1. The van der Waals surface area contributed by atoms with E-state index < -0.39 is 5.66 Å². The molecule has 0 atom stereocenters. The van der Waals surface area contributed by atoms with Gasteiger partial charge < -0.3 is 0 Å². The molecule has 1 aromatic carbocycles. The lowest BCUT2D eigenvalue weighted by molar-refractivity contribution is -0.116. The maximum Gasteiger partial charge on any atom is 0.276 e. The van der Waals surface area contributed by atoms with Crippen LogP contribution in [0.4, 0.5) is 0 Å². The van der Waals surface area contributed by atoms with E-state index >= 15 is 0 Å². The van der Waals surface area contributed by atoms with Crippen molar-refractivity contribution in [2.75, 3.05) is 5.75 Å². The number of para-hydroxylation sites is 1. The molecule has 1 fully saturated rings. The van der Waals surface area contributed by atoms with Crippen LogP contribution in [0.2, 0.25) is 0 Å². The third kappa shape index (κ3) is 2.97. The van der Waals surface area contributed by atoms with Gasteiger partial charge in [0.05, 0.1) is 5.36 Å². The fourth-order valence-corrected chi connectivity index (χ4v) is 4.75. The van der Waals surface area contributed by atoms with Gasteiger partial charge in [0.1, 0.15) is 5.70 Å². The zero-order valence-electron chi connectivity index (χ0n) is 14.6. The number of fused-ring (bicyclic) bond motifs is 3. The zero-order chi connectivity index (χ0) is 17.3. The Labute approximate surface area is 152 Å². The van der Waals surface area contributed by atoms with Crippen LogP contribution in [0.15, 0.2) is 34.4 Å². The molecular formula is C19H24N4OS. The molecule has 25 heavy (non-hydrogen) atoms. The molecule has 0 radical (unpaired) electrons. The summed E-state index contributed by atoms with van der Waals surface area (Å²) in [6.45, 7) is 2.17. The maximum atomic E-state index is 12.9. The molecule has 1 amide bonds. The highest BCUT2D eigenvalue weighted by molar-refractivity contribution is 8.13. The number of amidine groups is 1. The van der Waals surface area contributed by atoms with E-state index in [4.69, 9.17) is 10.1 Å². The van der Waals surface area contributed by atoms with E-state index in [0.717, 1.165) is 54.9 Å². The van der Waals surface area contributed by atoms with Crippen molar-refractivity contribution >= 4 is 28.5 Å². The topological polar surface area (TPSA) is 57.1 Å². The highest BCUT2D eigenvalue weighted by Gasteiger charge is 2.45. The summed E-state index contributed by atoms with van der Waals surface area (Å²) < 4.78 is 0. The van der Waals surface area contributed by atoms with Crippen LogP contribution in [0, 0.1) is 0 Å². The first kappa shape index (κ1) is 16.6. The number of nitrogens with zero attached hydrogens (tertiary/aromatic N) is 3. The predicted molar refractivity (Wildman–Crippen MR) is 101 cm³/mol. The third-order valence-electron chi connectivity index (χ3n) is 5.11. The monoisotopic (exact) mass is 356 g/mol. The highest BCUT2D eigenvalue weighted by atomic mass is 32.2. The van der Waals surface area contributed by atoms with Gasteiger partial charge in [0, 0.05) is 11.0 Å². The van der Waals surface area contributed by atoms with Crippen LogP contribution in [0.1, 0.15) is 51.9 Å². The summed E-state index contributed by atoms with van der Waals surface area (Å²) in [4.78, 5) is 18.0. The lowest BCUT2D eigenvalue weighted by atomic mass is 9.87. The van der Waals surface area contributed by atoms with Gasteiger partial charge in [-0.2, -0.15) is 0 Å². The number of carbonyl (C=O) groups excluding carboxylic acids is 1. The minimum Gasteiger partial charge on any atom is -0.298 e. The first-order valence-corrected chi connectivity index (χ1v) is 10.2. The Bertz CT molecular complexity index is 826. The van der Waals surface area contributed by atoms with Crippen LogP contribution in [0.25, 0.3) is 5.70 Å². The van der Waals surface area contributed by atoms with Crippen LogP contribution in [0.3, 0.4) is 0 Å². The first-order valence-electron chi connectivity index (χ1n) is 9.26. The van der Waals surface area contributed by atoms with Crippen molar-refractivity contribution in [1.82, 2.24) is 10.3 Å². The third-order valence-corrected chi connectivity index (χ3v) is 6.06. The standard InChI is InChI=1S/C19H24N4OS/c1-2-3-13-25-18-20-17(24)16-14-9-5-6-10-15(14)21-19(23(16)22-18)11-7-4-8-12-19/h5-6,9-10H,2-4,7-8,11-13H2,1H3,(H,20,22,24). The van der Waals surface area contributed by atoms with Gasteiger partial charge in [-0.1, -0.05) is 49.7 Å². The SMILES string of the molecule is CCCCSC1=NN2C(=c3ccccc3=NC23CCCCC3)C(=O)N1. The number of nitrogens with one attached hydrogen (secondary N) is 1. The van der Waals surface area contributed by atoms with Gasteiger partial charge in [-0.15, -0.1) is 5.10 Å². The van der Waals surface area contributed by atoms with E-state index in [1.54, 1.807) is 11.8 Å². The Morgan fingerprint density at radius 1 is 1.24 bits per heavy atom. The molecule has 2 heterocycles. The summed E-state index contributed by atoms with van der Waals surface area (Å²) in [5.74, 6) is 0.917. The number of hydrazone groups is 1. The van der Waals surface area contributed by atoms with Crippen molar-refractivity contribution in [2.24, 2.45) is 10.1 Å². The molecule has 1 spiro atoms. The Kier molecular flexibility index (Phi) is 4.54. The Morgan fingerprint density at radius 2 is 2.04 bits per heavy atom. The lowest BCUT2D eigenvalue weighted by Gasteiger charge is -2.45. The van der Waals surface area contributed by atoms with Crippen LogP contribution < -0.4 is 15.9 Å². The first-order chi connectivity index (χ1) is 12.2. The van der Waals surface area contributed by atoms with Crippen molar-refractivity contribution in [3.05, 3.63) is 34.8 Å². The van der Waals surface area contributed by atoms with E-state index in [0.29, 0.717) is 10.9 Å². The predicted octanol–water partition coefficient (Wildman–Crippen LogP) is 2.32. The minimum absolute atomic E-state index is 0.0544.